The van der Waals surface area contributed by atoms with E-state index in [1.807, 2.05) is 20.8 Å². The van der Waals surface area contributed by atoms with Gasteiger partial charge in [-0.2, -0.15) is 0 Å². The summed E-state index contributed by atoms with van der Waals surface area (Å²) in [5, 5.41) is 9.44. The summed E-state index contributed by atoms with van der Waals surface area (Å²) in [5.41, 5.74) is 0. The Morgan fingerprint density at radius 1 is 1.12 bits per heavy atom. The molecule has 0 aromatic heterocycles. The van der Waals surface area contributed by atoms with E-state index in [1.165, 1.54) is 0 Å². The van der Waals surface area contributed by atoms with Crippen molar-refractivity contribution in [3.63, 3.8) is 0 Å². The quantitative estimate of drug-likeness (QED) is 0.279. The van der Waals surface area contributed by atoms with Crippen LogP contribution >= 0.6 is 0 Å². The number of amides is 1. The molecule has 0 bridgehead atoms. The van der Waals surface area contributed by atoms with Crippen LogP contribution in [0, 0.1) is 11.8 Å². The predicted molar refractivity (Wildman–Crippen MR) is 94.7 cm³/mol. The Morgan fingerprint density at radius 3 is 2.29 bits per heavy atom. The van der Waals surface area contributed by atoms with Gasteiger partial charge in [-0.3, -0.25) is 14.6 Å². The first-order valence-corrected chi connectivity index (χ1v) is 8.89. The Kier molecular flexibility index (Phi) is 9.19. The molecule has 0 radical (unpaired) electrons. The second kappa shape index (κ2) is 10.9. The molecule has 1 fully saturated rings. The van der Waals surface area contributed by atoms with Crippen LogP contribution < -0.4 is 16.0 Å². The van der Waals surface area contributed by atoms with Crippen LogP contribution in [0.1, 0.15) is 46.5 Å². The van der Waals surface area contributed by atoms with Crippen LogP contribution in [0.25, 0.3) is 0 Å². The third-order valence-corrected chi connectivity index (χ3v) is 4.15. The van der Waals surface area contributed by atoms with Gasteiger partial charge in [0.1, 0.15) is 0 Å². The molecule has 1 amide bonds. The van der Waals surface area contributed by atoms with Crippen LogP contribution in [0.2, 0.25) is 0 Å². The maximum Gasteiger partial charge on any atom is 0.308 e. The van der Waals surface area contributed by atoms with Crippen molar-refractivity contribution in [1.82, 2.24) is 16.0 Å². The molecule has 1 aliphatic carbocycles. The molecule has 0 heterocycles. The smallest absolute Gasteiger partial charge is 0.308 e. The van der Waals surface area contributed by atoms with Gasteiger partial charge in [-0.05, 0) is 32.6 Å². The van der Waals surface area contributed by atoms with Crippen molar-refractivity contribution < 1.29 is 14.3 Å². The van der Waals surface area contributed by atoms with E-state index in [4.69, 9.17) is 4.74 Å². The van der Waals surface area contributed by atoms with Gasteiger partial charge in [0.05, 0.1) is 12.5 Å². The number of carbonyl (C=O) groups is 2. The molecule has 24 heavy (non-hydrogen) atoms. The van der Waals surface area contributed by atoms with Gasteiger partial charge in [0.15, 0.2) is 5.96 Å². The van der Waals surface area contributed by atoms with Crippen molar-refractivity contribution in [3.8, 4) is 0 Å². The molecule has 3 N–H and O–H groups in total. The maximum absolute atomic E-state index is 11.7. The van der Waals surface area contributed by atoms with E-state index >= 15 is 0 Å². The third kappa shape index (κ3) is 7.19. The number of nitrogens with zero attached hydrogens (tertiary/aromatic N) is 1. The maximum atomic E-state index is 11.7. The molecule has 0 unspecified atom stereocenters. The van der Waals surface area contributed by atoms with Gasteiger partial charge in [-0.15, -0.1) is 0 Å². The summed E-state index contributed by atoms with van der Waals surface area (Å²) in [5.74, 6) is 0.742. The van der Waals surface area contributed by atoms with Crippen LogP contribution in [0.4, 0.5) is 0 Å². The fraction of sp³-hybridized carbons (Fsp3) is 0.824. The molecule has 138 valence electrons. The van der Waals surface area contributed by atoms with E-state index in [0.29, 0.717) is 25.7 Å². The number of hydrogen-bond donors (Lipinski definition) is 3. The first-order chi connectivity index (χ1) is 11.5. The fourth-order valence-corrected chi connectivity index (χ4v) is 2.69. The molecule has 0 saturated heterocycles. The largest absolute Gasteiger partial charge is 0.466 e. The van der Waals surface area contributed by atoms with E-state index in [1.54, 1.807) is 7.05 Å². The zero-order valence-corrected chi connectivity index (χ0v) is 15.4. The average Bonchev–Trinajstić information content (AvgIpc) is 2.57. The summed E-state index contributed by atoms with van der Waals surface area (Å²) in [6.45, 7) is 7.21. The van der Waals surface area contributed by atoms with Crippen LogP contribution in [0.3, 0.4) is 0 Å². The number of nitrogens with one attached hydrogen (secondary N) is 3. The van der Waals surface area contributed by atoms with Crippen LogP contribution in [0.5, 0.6) is 0 Å². The zero-order valence-electron chi connectivity index (χ0n) is 15.4. The number of esters is 1. The first-order valence-electron chi connectivity index (χ1n) is 8.89. The van der Waals surface area contributed by atoms with E-state index in [9.17, 15) is 9.59 Å². The van der Waals surface area contributed by atoms with Gasteiger partial charge < -0.3 is 20.7 Å². The van der Waals surface area contributed by atoms with Crippen molar-refractivity contribution in [1.29, 1.82) is 0 Å². The number of guanidine groups is 1. The molecule has 1 aliphatic rings. The second-order valence-corrected chi connectivity index (χ2v) is 6.39. The summed E-state index contributed by atoms with van der Waals surface area (Å²) < 4.78 is 5.09. The van der Waals surface area contributed by atoms with Crippen LogP contribution in [0.15, 0.2) is 4.99 Å². The average molecular weight is 340 g/mol. The minimum atomic E-state index is -0.0700. The van der Waals surface area contributed by atoms with Gasteiger partial charge >= 0.3 is 5.97 Å². The van der Waals surface area contributed by atoms with Gasteiger partial charge in [-0.1, -0.05) is 13.8 Å². The highest BCUT2D eigenvalue weighted by molar-refractivity contribution is 5.80. The van der Waals surface area contributed by atoms with E-state index in [2.05, 4.69) is 20.9 Å². The Labute approximate surface area is 145 Å². The monoisotopic (exact) mass is 340 g/mol. The number of hydrogen-bond acceptors (Lipinski definition) is 4. The fourth-order valence-electron chi connectivity index (χ4n) is 2.69. The highest BCUT2D eigenvalue weighted by Crippen LogP contribution is 2.25. The van der Waals surface area contributed by atoms with Gasteiger partial charge in [-0.25, -0.2) is 0 Å². The molecule has 0 aromatic carbocycles. The van der Waals surface area contributed by atoms with E-state index in [-0.39, 0.29) is 23.7 Å². The highest BCUT2D eigenvalue weighted by Gasteiger charge is 2.27. The van der Waals surface area contributed by atoms with E-state index < -0.39 is 0 Å². The van der Waals surface area contributed by atoms with Crippen molar-refractivity contribution >= 4 is 17.8 Å². The summed E-state index contributed by atoms with van der Waals surface area (Å²) in [7, 11) is 1.73. The number of ether oxygens (including phenoxy) is 1. The summed E-state index contributed by atoms with van der Waals surface area (Å²) in [6, 6.07) is 0.312. The van der Waals surface area contributed by atoms with Crippen molar-refractivity contribution in [2.75, 3.05) is 26.7 Å². The Bertz CT molecular complexity index is 430. The molecule has 0 aliphatic heterocycles. The zero-order chi connectivity index (χ0) is 17.9. The van der Waals surface area contributed by atoms with Gasteiger partial charge in [0.25, 0.3) is 0 Å². The van der Waals surface area contributed by atoms with Crippen LogP contribution in [-0.4, -0.2) is 50.6 Å². The normalized spacial score (nSPS) is 21.3. The topological polar surface area (TPSA) is 91.8 Å². The van der Waals surface area contributed by atoms with Crippen molar-refractivity contribution in [2.24, 2.45) is 16.8 Å². The minimum absolute atomic E-state index is 0.00276. The second-order valence-electron chi connectivity index (χ2n) is 6.39. The van der Waals surface area contributed by atoms with Crippen molar-refractivity contribution in [2.45, 2.75) is 52.5 Å². The van der Waals surface area contributed by atoms with Crippen LogP contribution in [-0.2, 0) is 14.3 Å². The molecular weight excluding hydrogens is 308 g/mol. The Hall–Kier alpha value is -1.79. The number of aliphatic imine (C=N–C) groups is 1. The lowest BCUT2D eigenvalue weighted by Gasteiger charge is -2.29. The lowest BCUT2D eigenvalue weighted by molar-refractivity contribution is -0.149. The lowest BCUT2D eigenvalue weighted by atomic mass is 9.86. The van der Waals surface area contributed by atoms with Crippen molar-refractivity contribution in [3.05, 3.63) is 0 Å². The summed E-state index contributed by atoms with van der Waals surface area (Å²) in [6.07, 6.45) is 3.54. The SMILES string of the molecule is CCOC(=O)C1CCC(NC(=NC)NCCNC(=O)C(C)C)CC1. The predicted octanol–water partition coefficient (Wildman–Crippen LogP) is 1.05. The molecule has 0 atom stereocenters. The molecule has 7 nitrogen and oxygen atoms in total. The number of carbonyl (C=O) groups excluding carboxylic acids is 2. The minimum Gasteiger partial charge on any atom is -0.466 e. The Balaban J connectivity index is 2.25. The molecular formula is C17H32N4O3. The molecule has 7 heteroatoms. The highest BCUT2D eigenvalue weighted by atomic mass is 16.5. The summed E-state index contributed by atoms with van der Waals surface area (Å²) >= 11 is 0. The standard InChI is InChI=1S/C17H32N4O3/c1-5-24-16(23)13-6-8-14(9-7-13)21-17(18-4)20-11-10-19-15(22)12(2)3/h12-14H,5-11H2,1-4H3,(H,19,22)(H2,18,20,21). The number of rotatable bonds is 7. The first kappa shape index (κ1) is 20.3. The molecule has 1 rings (SSSR count). The van der Waals surface area contributed by atoms with Gasteiger partial charge in [0, 0.05) is 32.1 Å². The summed E-state index contributed by atoms with van der Waals surface area (Å²) in [4.78, 5) is 27.4. The molecule has 1 saturated carbocycles. The molecule has 0 spiro atoms. The van der Waals surface area contributed by atoms with Gasteiger partial charge in [0.2, 0.25) is 5.91 Å². The molecule has 0 aromatic rings. The Morgan fingerprint density at radius 2 is 1.75 bits per heavy atom. The third-order valence-electron chi connectivity index (χ3n) is 4.15. The lowest BCUT2D eigenvalue weighted by Crippen LogP contribution is -2.47. The van der Waals surface area contributed by atoms with E-state index in [0.717, 1.165) is 31.6 Å².